The number of sulfonamides is 1. The van der Waals surface area contributed by atoms with E-state index in [-0.39, 0.29) is 16.8 Å². The standard InChI is InChI=1S/C21H26N2O5S/c1-15-6-4-5-13-23(15)29(25,26)18-10-7-16(8-11-18)21(24)22-19-14-17(27-2)9-12-20(19)28-3/h7-12,14-15H,4-6,13H2,1-3H3,(H,22,24)/t15-/m1/s1. The quantitative estimate of drug-likeness (QED) is 0.776. The molecular formula is C21H26N2O5S. The summed E-state index contributed by atoms with van der Waals surface area (Å²) in [6.45, 7) is 2.46. The maximum absolute atomic E-state index is 12.9. The Morgan fingerprint density at radius 1 is 1.07 bits per heavy atom. The van der Waals surface area contributed by atoms with Crippen molar-refractivity contribution in [3.05, 3.63) is 48.0 Å². The lowest BCUT2D eigenvalue weighted by Crippen LogP contribution is -2.41. The third kappa shape index (κ3) is 4.54. The van der Waals surface area contributed by atoms with Crippen LogP contribution in [-0.4, -0.2) is 45.4 Å². The van der Waals surface area contributed by atoms with E-state index < -0.39 is 10.0 Å². The molecule has 0 saturated carbocycles. The summed E-state index contributed by atoms with van der Waals surface area (Å²) in [7, 11) is -0.517. The molecule has 1 atom stereocenters. The SMILES string of the molecule is COc1ccc(OC)c(NC(=O)c2ccc(S(=O)(=O)N3CCCC[C@H]3C)cc2)c1. The minimum Gasteiger partial charge on any atom is -0.497 e. The number of benzene rings is 2. The first kappa shape index (κ1) is 21.1. The van der Waals surface area contributed by atoms with Crippen molar-refractivity contribution >= 4 is 21.6 Å². The highest BCUT2D eigenvalue weighted by Crippen LogP contribution is 2.30. The van der Waals surface area contributed by atoms with Crippen LogP contribution < -0.4 is 14.8 Å². The Kier molecular flexibility index (Phi) is 6.44. The van der Waals surface area contributed by atoms with Gasteiger partial charge in [0.25, 0.3) is 5.91 Å². The monoisotopic (exact) mass is 418 g/mol. The van der Waals surface area contributed by atoms with Crippen LogP contribution in [-0.2, 0) is 10.0 Å². The first-order chi connectivity index (χ1) is 13.9. The van der Waals surface area contributed by atoms with Crippen LogP contribution >= 0.6 is 0 Å². The molecule has 0 radical (unpaired) electrons. The largest absolute Gasteiger partial charge is 0.497 e. The van der Waals surface area contributed by atoms with Crippen molar-refractivity contribution in [3.63, 3.8) is 0 Å². The number of anilines is 1. The zero-order valence-corrected chi connectivity index (χ0v) is 17.7. The Hall–Kier alpha value is -2.58. The molecule has 1 aliphatic rings. The number of ether oxygens (including phenoxy) is 2. The van der Waals surface area contributed by atoms with Gasteiger partial charge >= 0.3 is 0 Å². The fraction of sp³-hybridized carbons (Fsp3) is 0.381. The van der Waals surface area contributed by atoms with Gasteiger partial charge in [0.05, 0.1) is 24.8 Å². The number of methoxy groups -OCH3 is 2. The number of nitrogens with zero attached hydrogens (tertiary/aromatic N) is 1. The Morgan fingerprint density at radius 2 is 1.79 bits per heavy atom. The Morgan fingerprint density at radius 3 is 2.41 bits per heavy atom. The van der Waals surface area contributed by atoms with Gasteiger partial charge in [-0.1, -0.05) is 6.42 Å². The molecule has 0 unspecified atom stereocenters. The fourth-order valence-electron chi connectivity index (χ4n) is 3.45. The topological polar surface area (TPSA) is 84.9 Å². The zero-order chi connectivity index (χ0) is 21.0. The molecule has 1 amide bonds. The number of nitrogens with one attached hydrogen (secondary N) is 1. The summed E-state index contributed by atoms with van der Waals surface area (Å²) in [4.78, 5) is 12.8. The minimum absolute atomic E-state index is 0.0164. The predicted octanol–water partition coefficient (Wildman–Crippen LogP) is 3.52. The molecule has 0 bridgehead atoms. The first-order valence-corrected chi connectivity index (χ1v) is 11.0. The molecule has 29 heavy (non-hydrogen) atoms. The summed E-state index contributed by atoms with van der Waals surface area (Å²) >= 11 is 0. The van der Waals surface area contributed by atoms with Crippen LogP contribution in [0.2, 0.25) is 0 Å². The van der Waals surface area contributed by atoms with E-state index in [1.165, 1.54) is 38.5 Å². The van der Waals surface area contributed by atoms with Gasteiger partial charge in [-0.3, -0.25) is 4.79 Å². The molecule has 2 aromatic carbocycles. The highest BCUT2D eigenvalue weighted by atomic mass is 32.2. The highest BCUT2D eigenvalue weighted by Gasteiger charge is 2.30. The first-order valence-electron chi connectivity index (χ1n) is 9.52. The normalized spacial score (nSPS) is 17.6. The Bertz CT molecular complexity index is 973. The summed E-state index contributed by atoms with van der Waals surface area (Å²) in [5.41, 5.74) is 0.816. The molecule has 156 valence electrons. The van der Waals surface area contributed by atoms with Crippen molar-refractivity contribution in [3.8, 4) is 11.5 Å². The average molecular weight is 419 g/mol. The second-order valence-electron chi connectivity index (χ2n) is 7.01. The summed E-state index contributed by atoms with van der Waals surface area (Å²) < 4.78 is 37.8. The van der Waals surface area contributed by atoms with E-state index in [4.69, 9.17) is 9.47 Å². The van der Waals surface area contributed by atoms with Crippen molar-refractivity contribution in [1.82, 2.24) is 4.31 Å². The molecule has 0 aromatic heterocycles. The molecule has 1 heterocycles. The van der Waals surface area contributed by atoms with Crippen LogP contribution in [0.1, 0.15) is 36.5 Å². The molecule has 1 N–H and O–H groups in total. The Balaban J connectivity index is 1.79. The third-order valence-corrected chi connectivity index (χ3v) is 7.15. The van der Waals surface area contributed by atoms with E-state index in [1.54, 1.807) is 22.5 Å². The van der Waals surface area contributed by atoms with Crippen molar-refractivity contribution in [2.24, 2.45) is 0 Å². The van der Waals surface area contributed by atoms with Crippen molar-refractivity contribution < 1.29 is 22.7 Å². The maximum Gasteiger partial charge on any atom is 0.255 e. The number of hydrogen-bond donors (Lipinski definition) is 1. The molecule has 3 rings (SSSR count). The van der Waals surface area contributed by atoms with Crippen molar-refractivity contribution in [1.29, 1.82) is 0 Å². The smallest absolute Gasteiger partial charge is 0.255 e. The Labute approximate surface area is 171 Å². The van der Waals surface area contributed by atoms with Crippen molar-refractivity contribution in [2.75, 3.05) is 26.1 Å². The summed E-state index contributed by atoms with van der Waals surface area (Å²) in [6.07, 6.45) is 2.77. The second-order valence-corrected chi connectivity index (χ2v) is 8.90. The van der Waals surface area contributed by atoms with Gasteiger partial charge in [0.2, 0.25) is 10.0 Å². The van der Waals surface area contributed by atoms with Gasteiger partial charge in [-0.2, -0.15) is 4.31 Å². The lowest BCUT2D eigenvalue weighted by molar-refractivity contribution is 0.102. The lowest BCUT2D eigenvalue weighted by Gasteiger charge is -2.32. The molecule has 0 aliphatic carbocycles. The van der Waals surface area contributed by atoms with Crippen LogP contribution in [0.25, 0.3) is 0 Å². The average Bonchev–Trinajstić information content (AvgIpc) is 2.74. The van der Waals surface area contributed by atoms with Crippen LogP contribution in [0.5, 0.6) is 11.5 Å². The maximum atomic E-state index is 12.9. The van der Waals surface area contributed by atoms with Crippen LogP contribution in [0, 0.1) is 0 Å². The molecule has 0 spiro atoms. The van der Waals surface area contributed by atoms with Crippen LogP contribution in [0.15, 0.2) is 47.4 Å². The molecule has 7 nitrogen and oxygen atoms in total. The van der Waals surface area contributed by atoms with Gasteiger partial charge in [0.1, 0.15) is 11.5 Å². The molecule has 2 aromatic rings. The van der Waals surface area contributed by atoms with Crippen LogP contribution in [0.4, 0.5) is 5.69 Å². The van der Waals surface area contributed by atoms with E-state index in [1.807, 2.05) is 6.92 Å². The van der Waals surface area contributed by atoms with E-state index in [0.29, 0.717) is 29.3 Å². The van der Waals surface area contributed by atoms with Gasteiger partial charge in [0, 0.05) is 24.2 Å². The molecule has 1 saturated heterocycles. The molecule has 1 aliphatic heterocycles. The summed E-state index contributed by atoms with van der Waals surface area (Å²) in [5.74, 6) is 0.711. The van der Waals surface area contributed by atoms with Crippen molar-refractivity contribution in [2.45, 2.75) is 37.1 Å². The summed E-state index contributed by atoms with van der Waals surface area (Å²) in [6, 6.07) is 11.1. The minimum atomic E-state index is -3.57. The van der Waals surface area contributed by atoms with Crippen LogP contribution in [0.3, 0.4) is 0 Å². The zero-order valence-electron chi connectivity index (χ0n) is 16.8. The molecular weight excluding hydrogens is 392 g/mol. The number of hydrogen-bond acceptors (Lipinski definition) is 5. The van der Waals surface area contributed by atoms with Gasteiger partial charge < -0.3 is 14.8 Å². The van der Waals surface area contributed by atoms with Gasteiger partial charge in [-0.05, 0) is 56.2 Å². The molecule has 1 fully saturated rings. The second kappa shape index (κ2) is 8.84. The predicted molar refractivity (Wildman–Crippen MR) is 111 cm³/mol. The third-order valence-electron chi connectivity index (χ3n) is 5.12. The van der Waals surface area contributed by atoms with E-state index in [0.717, 1.165) is 19.3 Å². The number of carbonyl (C=O) groups excluding carboxylic acids is 1. The van der Waals surface area contributed by atoms with Gasteiger partial charge in [0.15, 0.2) is 0 Å². The van der Waals surface area contributed by atoms with E-state index in [2.05, 4.69) is 5.32 Å². The summed E-state index contributed by atoms with van der Waals surface area (Å²) in [5, 5.41) is 2.78. The highest BCUT2D eigenvalue weighted by molar-refractivity contribution is 7.89. The molecule has 8 heteroatoms. The van der Waals surface area contributed by atoms with Gasteiger partial charge in [-0.15, -0.1) is 0 Å². The van der Waals surface area contributed by atoms with E-state index in [9.17, 15) is 13.2 Å². The number of carbonyl (C=O) groups is 1. The lowest BCUT2D eigenvalue weighted by atomic mass is 10.1. The van der Waals surface area contributed by atoms with E-state index >= 15 is 0 Å². The fourth-order valence-corrected chi connectivity index (χ4v) is 5.15. The van der Waals surface area contributed by atoms with Gasteiger partial charge in [-0.25, -0.2) is 8.42 Å². The number of amides is 1. The number of rotatable bonds is 6. The number of piperidine rings is 1.